The topological polar surface area (TPSA) is 105 Å². The van der Waals surface area contributed by atoms with E-state index in [1.165, 1.54) is 12.4 Å². The van der Waals surface area contributed by atoms with Gasteiger partial charge in [0.2, 0.25) is 5.95 Å². The Kier molecular flexibility index (Phi) is 5.18. The van der Waals surface area contributed by atoms with Crippen LogP contribution >= 0.6 is 0 Å². The van der Waals surface area contributed by atoms with E-state index in [9.17, 15) is 4.79 Å². The quantitative estimate of drug-likeness (QED) is 0.652. The first-order valence-electron chi connectivity index (χ1n) is 9.15. The molecule has 1 saturated heterocycles. The van der Waals surface area contributed by atoms with E-state index in [4.69, 9.17) is 9.84 Å². The van der Waals surface area contributed by atoms with Gasteiger partial charge in [0.15, 0.2) is 0 Å². The summed E-state index contributed by atoms with van der Waals surface area (Å²) < 4.78 is 7.73. The van der Waals surface area contributed by atoms with Gasteiger partial charge in [0.1, 0.15) is 0 Å². The first-order valence-corrected chi connectivity index (χ1v) is 9.15. The number of nitrogens with one attached hydrogen (secondary N) is 1. The van der Waals surface area contributed by atoms with Gasteiger partial charge in [-0.25, -0.2) is 14.8 Å². The van der Waals surface area contributed by atoms with E-state index in [0.717, 1.165) is 16.6 Å². The molecule has 4 rings (SSSR count). The number of anilines is 1. The Balaban J connectivity index is 1.34. The molecular formula is C19H22N6O3. The number of morpholine rings is 1. The van der Waals surface area contributed by atoms with Crippen LogP contribution in [0.1, 0.15) is 16.1 Å². The number of aromatic carboxylic acids is 1. The first kappa shape index (κ1) is 18.3. The number of para-hydroxylation sites is 1. The van der Waals surface area contributed by atoms with Gasteiger partial charge in [-0.1, -0.05) is 18.2 Å². The minimum absolute atomic E-state index is 0.00789. The summed E-state index contributed by atoms with van der Waals surface area (Å²) in [4.78, 5) is 21.3. The number of nitrogens with zero attached hydrogens (tertiary/aromatic N) is 5. The third-order valence-electron chi connectivity index (χ3n) is 4.81. The minimum Gasteiger partial charge on any atom is -0.478 e. The van der Waals surface area contributed by atoms with Crippen LogP contribution in [0.15, 0.2) is 36.7 Å². The second-order valence-corrected chi connectivity index (χ2v) is 6.73. The lowest BCUT2D eigenvalue weighted by atomic mass is 10.2. The second-order valence-electron chi connectivity index (χ2n) is 6.73. The third-order valence-corrected chi connectivity index (χ3v) is 4.81. The molecule has 9 heteroatoms. The maximum Gasteiger partial charge on any atom is 0.338 e. The molecule has 9 nitrogen and oxygen atoms in total. The zero-order valence-corrected chi connectivity index (χ0v) is 15.6. The lowest BCUT2D eigenvalue weighted by molar-refractivity contribution is 0.0401. The number of aryl methyl sites for hydroxylation is 1. The Morgan fingerprint density at radius 1 is 1.32 bits per heavy atom. The summed E-state index contributed by atoms with van der Waals surface area (Å²) in [5.41, 5.74) is 2.21. The molecule has 3 heterocycles. The predicted octanol–water partition coefficient (Wildman–Crippen LogP) is 1.06. The van der Waals surface area contributed by atoms with Crippen LogP contribution in [0.2, 0.25) is 0 Å². The van der Waals surface area contributed by atoms with Crippen molar-refractivity contribution in [1.82, 2.24) is 25.1 Å². The van der Waals surface area contributed by atoms with Gasteiger partial charge >= 0.3 is 5.97 Å². The van der Waals surface area contributed by atoms with Gasteiger partial charge < -0.3 is 20.1 Å². The SMILES string of the molecule is Cn1nc(CNCC2CN(c3ncc(C(=O)O)cn3)CCO2)c2ccccc21. The van der Waals surface area contributed by atoms with Crippen LogP contribution in [0.5, 0.6) is 0 Å². The van der Waals surface area contributed by atoms with Crippen LogP contribution in [-0.4, -0.2) is 63.2 Å². The van der Waals surface area contributed by atoms with E-state index in [1.807, 2.05) is 28.8 Å². The summed E-state index contributed by atoms with van der Waals surface area (Å²) in [6, 6.07) is 8.17. The molecule has 1 aliphatic rings. The number of benzene rings is 1. The van der Waals surface area contributed by atoms with Crippen LogP contribution < -0.4 is 10.2 Å². The molecule has 3 aromatic rings. The zero-order valence-electron chi connectivity index (χ0n) is 15.6. The van der Waals surface area contributed by atoms with Gasteiger partial charge in [-0.15, -0.1) is 0 Å². The first-order chi connectivity index (χ1) is 13.6. The normalized spacial score (nSPS) is 17.2. The monoisotopic (exact) mass is 382 g/mol. The van der Waals surface area contributed by atoms with Gasteiger partial charge in [0.05, 0.1) is 29.5 Å². The van der Waals surface area contributed by atoms with E-state index in [1.54, 1.807) is 0 Å². The molecule has 1 aromatic carbocycles. The average Bonchev–Trinajstić information content (AvgIpc) is 3.04. The van der Waals surface area contributed by atoms with Crippen molar-refractivity contribution in [3.63, 3.8) is 0 Å². The summed E-state index contributed by atoms with van der Waals surface area (Å²) in [6.45, 7) is 3.22. The van der Waals surface area contributed by atoms with Crippen molar-refractivity contribution in [1.29, 1.82) is 0 Å². The smallest absolute Gasteiger partial charge is 0.338 e. The van der Waals surface area contributed by atoms with E-state index in [-0.39, 0.29) is 11.7 Å². The van der Waals surface area contributed by atoms with Crippen molar-refractivity contribution >= 4 is 22.8 Å². The highest BCUT2D eigenvalue weighted by atomic mass is 16.5. The van der Waals surface area contributed by atoms with Gasteiger partial charge in [-0.2, -0.15) is 5.10 Å². The van der Waals surface area contributed by atoms with Gasteiger partial charge in [0, 0.05) is 51.0 Å². The third kappa shape index (κ3) is 3.80. The minimum atomic E-state index is -1.03. The summed E-state index contributed by atoms with van der Waals surface area (Å²) in [7, 11) is 1.95. The van der Waals surface area contributed by atoms with Crippen molar-refractivity contribution in [2.75, 3.05) is 31.1 Å². The summed E-state index contributed by atoms with van der Waals surface area (Å²) >= 11 is 0. The molecule has 1 aliphatic heterocycles. The Labute approximate surface area is 162 Å². The van der Waals surface area contributed by atoms with Crippen LogP contribution in [0.25, 0.3) is 10.9 Å². The average molecular weight is 382 g/mol. The van der Waals surface area contributed by atoms with Gasteiger partial charge in [-0.3, -0.25) is 4.68 Å². The van der Waals surface area contributed by atoms with E-state index in [0.29, 0.717) is 38.7 Å². The Morgan fingerprint density at radius 2 is 2.11 bits per heavy atom. The number of ether oxygens (including phenoxy) is 1. The Bertz CT molecular complexity index is 971. The molecule has 0 amide bonds. The fourth-order valence-electron chi connectivity index (χ4n) is 3.39. The van der Waals surface area contributed by atoms with E-state index < -0.39 is 5.97 Å². The molecule has 0 spiro atoms. The molecule has 1 unspecified atom stereocenters. The van der Waals surface area contributed by atoms with Gasteiger partial charge in [0.25, 0.3) is 0 Å². The standard InChI is InChI=1S/C19H22N6O3/c1-24-17-5-3-2-4-15(17)16(23-24)11-20-10-14-12-25(6-7-28-14)19-21-8-13(9-22-19)18(26)27/h2-5,8-9,14,20H,6-7,10-12H2,1H3,(H,26,27). The van der Waals surface area contributed by atoms with Crippen molar-refractivity contribution < 1.29 is 14.6 Å². The largest absolute Gasteiger partial charge is 0.478 e. The summed E-state index contributed by atoms with van der Waals surface area (Å²) in [6.07, 6.45) is 2.66. The van der Waals surface area contributed by atoms with Crippen LogP contribution in [0, 0.1) is 0 Å². The number of hydrogen-bond donors (Lipinski definition) is 2. The van der Waals surface area contributed by atoms with Crippen molar-refractivity contribution in [3.8, 4) is 0 Å². The molecule has 2 aromatic heterocycles. The van der Waals surface area contributed by atoms with Crippen LogP contribution in [0.3, 0.4) is 0 Å². The summed E-state index contributed by atoms with van der Waals surface area (Å²) in [5, 5.41) is 18.1. The van der Waals surface area contributed by atoms with E-state index >= 15 is 0 Å². The number of hydrogen-bond acceptors (Lipinski definition) is 7. The van der Waals surface area contributed by atoms with Crippen molar-refractivity contribution in [3.05, 3.63) is 47.9 Å². The van der Waals surface area contributed by atoms with Crippen LogP contribution in [0.4, 0.5) is 5.95 Å². The molecule has 0 saturated carbocycles. The number of carbonyl (C=O) groups is 1. The molecule has 0 bridgehead atoms. The highest BCUT2D eigenvalue weighted by Crippen LogP contribution is 2.17. The Morgan fingerprint density at radius 3 is 2.89 bits per heavy atom. The predicted molar refractivity (Wildman–Crippen MR) is 103 cm³/mol. The lowest BCUT2D eigenvalue weighted by Gasteiger charge is -2.33. The molecule has 146 valence electrons. The van der Waals surface area contributed by atoms with Crippen molar-refractivity contribution in [2.24, 2.45) is 7.05 Å². The second kappa shape index (κ2) is 7.91. The fourth-order valence-corrected chi connectivity index (χ4v) is 3.39. The molecule has 28 heavy (non-hydrogen) atoms. The lowest BCUT2D eigenvalue weighted by Crippen LogP contribution is -2.47. The van der Waals surface area contributed by atoms with Crippen molar-refractivity contribution in [2.45, 2.75) is 12.6 Å². The van der Waals surface area contributed by atoms with Gasteiger partial charge in [-0.05, 0) is 6.07 Å². The molecule has 1 fully saturated rings. The number of carboxylic acid groups (broad SMARTS) is 1. The maximum atomic E-state index is 10.9. The molecule has 1 atom stereocenters. The molecule has 0 aliphatic carbocycles. The number of carboxylic acids is 1. The van der Waals surface area contributed by atoms with Crippen LogP contribution in [-0.2, 0) is 18.3 Å². The Hall–Kier alpha value is -3.04. The molecular weight excluding hydrogens is 360 g/mol. The number of aromatic nitrogens is 4. The molecule has 0 radical (unpaired) electrons. The summed E-state index contributed by atoms with van der Waals surface area (Å²) in [5.74, 6) is -0.508. The number of rotatable bonds is 6. The maximum absolute atomic E-state index is 10.9. The highest BCUT2D eigenvalue weighted by Gasteiger charge is 2.22. The highest BCUT2D eigenvalue weighted by molar-refractivity contribution is 5.86. The zero-order chi connectivity index (χ0) is 19.5. The molecule has 2 N–H and O–H groups in total. The van der Waals surface area contributed by atoms with E-state index in [2.05, 4.69) is 32.5 Å². The fraction of sp³-hybridized carbons (Fsp3) is 0.368. The number of fused-ring (bicyclic) bond motifs is 1.